The van der Waals surface area contributed by atoms with Gasteiger partial charge in [-0.15, -0.1) is 0 Å². The highest BCUT2D eigenvalue weighted by atomic mass is 15.2. The second-order valence-electron chi connectivity index (χ2n) is 6.45. The van der Waals surface area contributed by atoms with Gasteiger partial charge in [-0.1, -0.05) is 71.6 Å². The molecule has 0 radical (unpaired) electrons. The van der Waals surface area contributed by atoms with Crippen LogP contribution in [0.15, 0.2) is 0 Å². The fourth-order valence-corrected chi connectivity index (χ4v) is 3.41. The molecule has 0 aliphatic carbocycles. The Morgan fingerprint density at radius 2 is 1.16 bits per heavy atom. The number of likely N-dealkylation sites (tertiary alicyclic amines) is 1. The fraction of sp³-hybridized carbons (Fsp3) is 1.00. The van der Waals surface area contributed by atoms with E-state index in [9.17, 15) is 0 Å². The van der Waals surface area contributed by atoms with Crippen molar-refractivity contribution in [1.29, 1.82) is 0 Å². The highest BCUT2D eigenvalue weighted by Gasteiger charge is 2.20. The maximum Gasteiger partial charge on any atom is 0.00952 e. The van der Waals surface area contributed by atoms with Crippen molar-refractivity contribution in [1.82, 2.24) is 4.90 Å². The maximum absolute atomic E-state index is 2.79. The lowest BCUT2D eigenvalue weighted by Crippen LogP contribution is -2.32. The van der Waals surface area contributed by atoms with Crippen LogP contribution >= 0.6 is 0 Å². The van der Waals surface area contributed by atoms with Gasteiger partial charge in [0.15, 0.2) is 0 Å². The van der Waals surface area contributed by atoms with Gasteiger partial charge in [-0.2, -0.15) is 0 Å². The number of nitrogens with zero attached hydrogens (tertiary/aromatic N) is 1. The van der Waals surface area contributed by atoms with Gasteiger partial charge < -0.3 is 4.90 Å². The molecule has 0 amide bonds. The van der Waals surface area contributed by atoms with Crippen LogP contribution in [0.4, 0.5) is 0 Å². The van der Waals surface area contributed by atoms with Crippen molar-refractivity contribution in [2.45, 2.75) is 103 Å². The Morgan fingerprint density at radius 1 is 0.684 bits per heavy atom. The summed E-state index contributed by atoms with van der Waals surface area (Å²) in [7, 11) is 0. The molecule has 0 aromatic carbocycles. The first-order chi connectivity index (χ1) is 9.38. The first kappa shape index (κ1) is 17.0. The molecule has 0 aromatic heterocycles. The van der Waals surface area contributed by atoms with E-state index < -0.39 is 0 Å². The molecular weight excluding hydrogens is 230 g/mol. The average molecular weight is 268 g/mol. The summed E-state index contributed by atoms with van der Waals surface area (Å²) < 4.78 is 0. The zero-order chi connectivity index (χ0) is 13.8. The van der Waals surface area contributed by atoms with Crippen LogP contribution in [0.5, 0.6) is 0 Å². The van der Waals surface area contributed by atoms with E-state index in [1.807, 2.05) is 0 Å². The first-order valence-electron chi connectivity index (χ1n) is 9.12. The topological polar surface area (TPSA) is 3.24 Å². The standard InChI is InChI=1S/C18H37N/c1-3-5-7-8-9-11-15-18(14-10-6-4-2)19-16-12-13-17-19/h18H,3-17H2,1-2H3. The third-order valence-corrected chi connectivity index (χ3v) is 4.69. The number of hydrogen-bond acceptors (Lipinski definition) is 1. The Morgan fingerprint density at radius 3 is 1.79 bits per heavy atom. The van der Waals surface area contributed by atoms with Crippen LogP contribution in [0.3, 0.4) is 0 Å². The van der Waals surface area contributed by atoms with Crippen molar-refractivity contribution < 1.29 is 0 Å². The van der Waals surface area contributed by atoms with Gasteiger partial charge in [0.2, 0.25) is 0 Å². The van der Waals surface area contributed by atoms with E-state index >= 15 is 0 Å². The normalized spacial score (nSPS) is 18.0. The molecule has 1 heterocycles. The molecule has 1 aliphatic heterocycles. The highest BCUT2D eigenvalue weighted by molar-refractivity contribution is 4.76. The van der Waals surface area contributed by atoms with Crippen molar-refractivity contribution >= 4 is 0 Å². The zero-order valence-electron chi connectivity index (χ0n) is 13.6. The van der Waals surface area contributed by atoms with Gasteiger partial charge in [-0.3, -0.25) is 0 Å². The minimum Gasteiger partial charge on any atom is -0.300 e. The molecule has 1 fully saturated rings. The van der Waals surface area contributed by atoms with Crippen LogP contribution in [-0.4, -0.2) is 24.0 Å². The second-order valence-corrected chi connectivity index (χ2v) is 6.45. The average Bonchev–Trinajstić information content (AvgIpc) is 2.94. The molecule has 0 N–H and O–H groups in total. The van der Waals surface area contributed by atoms with Gasteiger partial charge >= 0.3 is 0 Å². The van der Waals surface area contributed by atoms with Gasteiger partial charge in [0.1, 0.15) is 0 Å². The third kappa shape index (κ3) is 7.97. The Kier molecular flexibility index (Phi) is 10.5. The van der Waals surface area contributed by atoms with E-state index in [-0.39, 0.29) is 0 Å². The van der Waals surface area contributed by atoms with E-state index in [1.165, 1.54) is 96.6 Å². The lowest BCUT2D eigenvalue weighted by Gasteiger charge is -2.27. The predicted molar refractivity (Wildman–Crippen MR) is 86.7 cm³/mol. The smallest absolute Gasteiger partial charge is 0.00952 e. The molecule has 1 nitrogen and oxygen atoms in total. The van der Waals surface area contributed by atoms with Gasteiger partial charge in [0.05, 0.1) is 0 Å². The highest BCUT2D eigenvalue weighted by Crippen LogP contribution is 2.21. The van der Waals surface area contributed by atoms with Crippen molar-refractivity contribution in [2.75, 3.05) is 13.1 Å². The molecule has 1 unspecified atom stereocenters. The summed E-state index contributed by atoms with van der Waals surface area (Å²) in [5.74, 6) is 0. The molecule has 19 heavy (non-hydrogen) atoms. The van der Waals surface area contributed by atoms with Gasteiger partial charge in [0.25, 0.3) is 0 Å². The predicted octanol–water partition coefficient (Wildman–Crippen LogP) is 5.78. The van der Waals surface area contributed by atoms with Crippen LogP contribution in [0.25, 0.3) is 0 Å². The van der Waals surface area contributed by atoms with Crippen LogP contribution in [0.1, 0.15) is 97.3 Å². The largest absolute Gasteiger partial charge is 0.300 e. The fourth-order valence-electron chi connectivity index (χ4n) is 3.41. The summed E-state index contributed by atoms with van der Waals surface area (Å²) in [6.07, 6.45) is 18.7. The molecule has 0 aromatic rings. The minimum atomic E-state index is 0.917. The Labute approximate surface area is 122 Å². The van der Waals surface area contributed by atoms with Crippen molar-refractivity contribution in [3.05, 3.63) is 0 Å². The molecule has 0 saturated carbocycles. The summed E-state index contributed by atoms with van der Waals surface area (Å²) in [6.45, 7) is 7.38. The molecular formula is C18H37N. The number of hydrogen-bond donors (Lipinski definition) is 0. The Hall–Kier alpha value is -0.0400. The summed E-state index contributed by atoms with van der Waals surface area (Å²) >= 11 is 0. The molecule has 114 valence electrons. The van der Waals surface area contributed by atoms with Crippen LogP contribution in [0, 0.1) is 0 Å². The molecule has 1 saturated heterocycles. The van der Waals surface area contributed by atoms with Crippen LogP contribution < -0.4 is 0 Å². The summed E-state index contributed by atoms with van der Waals surface area (Å²) in [6, 6.07) is 0.917. The van der Waals surface area contributed by atoms with Crippen LogP contribution in [0.2, 0.25) is 0 Å². The lowest BCUT2D eigenvalue weighted by atomic mass is 10.00. The van der Waals surface area contributed by atoms with Gasteiger partial charge in [-0.05, 0) is 38.8 Å². The molecule has 0 spiro atoms. The Bertz CT molecular complexity index is 184. The molecule has 1 heteroatoms. The van der Waals surface area contributed by atoms with E-state index in [1.54, 1.807) is 0 Å². The maximum atomic E-state index is 2.79. The number of rotatable bonds is 12. The lowest BCUT2D eigenvalue weighted by molar-refractivity contribution is 0.210. The number of unbranched alkanes of at least 4 members (excludes halogenated alkanes) is 7. The molecule has 1 rings (SSSR count). The molecule has 1 aliphatic rings. The minimum absolute atomic E-state index is 0.917. The van der Waals surface area contributed by atoms with Crippen molar-refractivity contribution in [2.24, 2.45) is 0 Å². The van der Waals surface area contributed by atoms with E-state index in [4.69, 9.17) is 0 Å². The van der Waals surface area contributed by atoms with Crippen molar-refractivity contribution in [3.8, 4) is 0 Å². The monoisotopic (exact) mass is 267 g/mol. The summed E-state index contributed by atoms with van der Waals surface area (Å²) in [5.41, 5.74) is 0. The van der Waals surface area contributed by atoms with E-state index in [0.717, 1.165) is 6.04 Å². The van der Waals surface area contributed by atoms with E-state index in [0.29, 0.717) is 0 Å². The summed E-state index contributed by atoms with van der Waals surface area (Å²) in [4.78, 5) is 2.79. The Balaban J connectivity index is 2.12. The molecule has 0 bridgehead atoms. The van der Waals surface area contributed by atoms with Gasteiger partial charge in [-0.25, -0.2) is 0 Å². The zero-order valence-corrected chi connectivity index (χ0v) is 13.6. The first-order valence-corrected chi connectivity index (χ1v) is 9.12. The van der Waals surface area contributed by atoms with E-state index in [2.05, 4.69) is 18.7 Å². The van der Waals surface area contributed by atoms with Gasteiger partial charge in [0, 0.05) is 6.04 Å². The molecule has 1 atom stereocenters. The van der Waals surface area contributed by atoms with Crippen LogP contribution in [-0.2, 0) is 0 Å². The van der Waals surface area contributed by atoms with Crippen molar-refractivity contribution in [3.63, 3.8) is 0 Å². The third-order valence-electron chi connectivity index (χ3n) is 4.69. The second kappa shape index (κ2) is 11.8. The SMILES string of the molecule is CCCCCCCCC(CCCCC)N1CCCC1. The quantitative estimate of drug-likeness (QED) is 0.405. The summed E-state index contributed by atoms with van der Waals surface area (Å²) in [5, 5.41) is 0.